The molecule has 34 heavy (non-hydrogen) atoms. The van der Waals surface area contributed by atoms with Crippen molar-refractivity contribution in [3.05, 3.63) is 50.6 Å². The van der Waals surface area contributed by atoms with Crippen LogP contribution in [0.3, 0.4) is 0 Å². The summed E-state index contributed by atoms with van der Waals surface area (Å²) in [5.74, 6) is -0.0904. The molecular weight excluding hydrogens is 468 g/mol. The van der Waals surface area contributed by atoms with Crippen LogP contribution < -0.4 is 16.6 Å². The van der Waals surface area contributed by atoms with Gasteiger partial charge in [0.2, 0.25) is 5.91 Å². The molecule has 2 heterocycles. The van der Waals surface area contributed by atoms with Gasteiger partial charge >= 0.3 is 0 Å². The van der Waals surface area contributed by atoms with Gasteiger partial charge in [-0.3, -0.25) is 19.0 Å². The standard InChI is InChI=1S/C25H28N4O3S2/c1-14-10-11-17-19(12-14)34-23(21(17)22(26)31)28-20(30)13-33-25-27-18-9-5-4-8-16(18)24(32)29(25)15-6-2-3-7-15/h4-5,8-9,14-15H,2-3,6-7,10-13H2,1H3,(H2,26,31)(H,28,30)/t14-/m0/s1. The number of nitrogens with one attached hydrogen (secondary N) is 1. The van der Waals surface area contributed by atoms with Gasteiger partial charge in [0.15, 0.2) is 5.16 Å². The Kier molecular flexibility index (Phi) is 6.48. The van der Waals surface area contributed by atoms with E-state index in [1.807, 2.05) is 24.3 Å². The molecule has 178 valence electrons. The average molecular weight is 497 g/mol. The van der Waals surface area contributed by atoms with Crippen LogP contribution in [0.25, 0.3) is 10.9 Å². The van der Waals surface area contributed by atoms with Crippen molar-refractivity contribution in [1.29, 1.82) is 0 Å². The second kappa shape index (κ2) is 9.54. The number of amides is 2. The van der Waals surface area contributed by atoms with E-state index < -0.39 is 5.91 Å². The third-order valence-corrected chi connectivity index (χ3v) is 8.93. The van der Waals surface area contributed by atoms with Gasteiger partial charge in [-0.15, -0.1) is 11.3 Å². The van der Waals surface area contributed by atoms with Crippen molar-refractivity contribution >= 4 is 50.8 Å². The monoisotopic (exact) mass is 496 g/mol. The summed E-state index contributed by atoms with van der Waals surface area (Å²) in [7, 11) is 0. The zero-order valence-corrected chi connectivity index (χ0v) is 20.8. The van der Waals surface area contributed by atoms with Crippen LogP contribution in [0.15, 0.2) is 34.2 Å². The zero-order chi connectivity index (χ0) is 23.8. The number of anilines is 1. The number of para-hydroxylation sites is 1. The van der Waals surface area contributed by atoms with E-state index >= 15 is 0 Å². The highest BCUT2D eigenvalue weighted by molar-refractivity contribution is 7.99. The summed E-state index contributed by atoms with van der Waals surface area (Å²) in [5.41, 5.74) is 7.72. The fourth-order valence-electron chi connectivity index (χ4n) is 5.10. The lowest BCUT2D eigenvalue weighted by molar-refractivity contribution is -0.113. The molecule has 3 aromatic rings. The topological polar surface area (TPSA) is 107 Å². The maximum Gasteiger partial charge on any atom is 0.262 e. The Balaban J connectivity index is 1.39. The maximum absolute atomic E-state index is 13.3. The van der Waals surface area contributed by atoms with Crippen LogP contribution in [0.1, 0.15) is 65.9 Å². The van der Waals surface area contributed by atoms with Crippen LogP contribution in [0.4, 0.5) is 5.00 Å². The summed E-state index contributed by atoms with van der Waals surface area (Å²) < 4.78 is 1.79. The summed E-state index contributed by atoms with van der Waals surface area (Å²) in [6.45, 7) is 2.20. The summed E-state index contributed by atoms with van der Waals surface area (Å²) in [5, 5.41) is 4.63. The molecular formula is C25H28N4O3S2. The number of fused-ring (bicyclic) bond motifs is 2. The molecule has 1 aromatic carbocycles. The molecule has 5 rings (SSSR count). The first-order valence-corrected chi connectivity index (χ1v) is 13.6. The molecule has 0 unspecified atom stereocenters. The number of nitrogens with two attached hydrogens (primary N) is 1. The molecule has 2 aromatic heterocycles. The fraction of sp³-hybridized carbons (Fsp3) is 0.440. The van der Waals surface area contributed by atoms with Crippen molar-refractivity contribution in [3.8, 4) is 0 Å². The molecule has 7 nitrogen and oxygen atoms in total. The minimum Gasteiger partial charge on any atom is -0.365 e. The molecule has 1 saturated carbocycles. The number of hydrogen-bond acceptors (Lipinski definition) is 6. The van der Waals surface area contributed by atoms with Gasteiger partial charge in [-0.2, -0.15) is 0 Å². The van der Waals surface area contributed by atoms with E-state index in [2.05, 4.69) is 12.2 Å². The van der Waals surface area contributed by atoms with E-state index in [9.17, 15) is 14.4 Å². The quantitative estimate of drug-likeness (QED) is 0.385. The molecule has 9 heteroatoms. The number of aromatic nitrogens is 2. The average Bonchev–Trinajstić information content (AvgIpc) is 3.45. The van der Waals surface area contributed by atoms with Gasteiger partial charge in [0.05, 0.1) is 22.2 Å². The maximum atomic E-state index is 13.3. The minimum absolute atomic E-state index is 0.0449. The number of nitrogens with zero attached hydrogens (tertiary/aromatic N) is 2. The Hall–Kier alpha value is -2.65. The Morgan fingerprint density at radius 1 is 1.24 bits per heavy atom. The Labute approximate surface area is 206 Å². The lowest BCUT2D eigenvalue weighted by Gasteiger charge is -2.18. The number of hydrogen-bond donors (Lipinski definition) is 2. The molecule has 0 saturated heterocycles. The molecule has 2 aliphatic rings. The molecule has 1 fully saturated rings. The first-order chi connectivity index (χ1) is 16.4. The highest BCUT2D eigenvalue weighted by Gasteiger charge is 2.28. The van der Waals surface area contributed by atoms with Gasteiger partial charge in [0.25, 0.3) is 11.5 Å². The molecule has 0 aliphatic heterocycles. The van der Waals surface area contributed by atoms with Crippen molar-refractivity contribution in [2.75, 3.05) is 11.1 Å². The molecule has 1 atom stereocenters. The molecule has 3 N–H and O–H groups in total. The number of benzene rings is 1. The van der Waals surface area contributed by atoms with Crippen LogP contribution in [-0.4, -0.2) is 27.1 Å². The first-order valence-electron chi connectivity index (χ1n) is 11.8. The second-order valence-corrected chi connectivity index (χ2v) is 11.3. The van der Waals surface area contributed by atoms with Gasteiger partial charge < -0.3 is 11.1 Å². The second-order valence-electron chi connectivity index (χ2n) is 9.28. The third kappa shape index (κ3) is 4.38. The van der Waals surface area contributed by atoms with Crippen molar-refractivity contribution in [2.24, 2.45) is 11.7 Å². The van der Waals surface area contributed by atoms with Gasteiger partial charge in [0, 0.05) is 10.9 Å². The van der Waals surface area contributed by atoms with E-state index in [0.29, 0.717) is 32.5 Å². The Bertz CT molecular complexity index is 1320. The summed E-state index contributed by atoms with van der Waals surface area (Å²) in [4.78, 5) is 44.3. The number of primary amides is 1. The fourth-order valence-corrected chi connectivity index (χ4v) is 7.40. The normalized spacial score (nSPS) is 18.2. The Morgan fingerprint density at radius 3 is 2.76 bits per heavy atom. The van der Waals surface area contributed by atoms with Gasteiger partial charge in [-0.25, -0.2) is 4.98 Å². The van der Waals surface area contributed by atoms with E-state index in [4.69, 9.17) is 10.7 Å². The SMILES string of the molecule is C[C@H]1CCc2c(sc(NC(=O)CSc3nc4ccccc4c(=O)n3C3CCCC3)c2C(N)=O)C1. The van der Waals surface area contributed by atoms with Crippen molar-refractivity contribution < 1.29 is 9.59 Å². The van der Waals surface area contributed by atoms with E-state index in [-0.39, 0.29) is 23.3 Å². The van der Waals surface area contributed by atoms with Crippen LogP contribution >= 0.6 is 23.1 Å². The largest absolute Gasteiger partial charge is 0.365 e. The van der Waals surface area contributed by atoms with E-state index in [0.717, 1.165) is 55.4 Å². The third-order valence-electron chi connectivity index (χ3n) is 6.81. The number of thiophene rings is 1. The highest BCUT2D eigenvalue weighted by atomic mass is 32.2. The number of carbonyl (C=O) groups is 2. The number of rotatable bonds is 6. The smallest absolute Gasteiger partial charge is 0.262 e. The summed E-state index contributed by atoms with van der Waals surface area (Å²) in [6.07, 6.45) is 6.80. The summed E-state index contributed by atoms with van der Waals surface area (Å²) >= 11 is 2.73. The van der Waals surface area contributed by atoms with Crippen molar-refractivity contribution in [2.45, 2.75) is 63.1 Å². The summed E-state index contributed by atoms with van der Waals surface area (Å²) in [6, 6.07) is 7.46. The first kappa shape index (κ1) is 23.1. The zero-order valence-electron chi connectivity index (χ0n) is 19.1. The molecule has 0 bridgehead atoms. The van der Waals surface area contributed by atoms with Gasteiger partial charge in [0.1, 0.15) is 5.00 Å². The van der Waals surface area contributed by atoms with Crippen LogP contribution in [0.5, 0.6) is 0 Å². The molecule has 2 aliphatic carbocycles. The van der Waals surface area contributed by atoms with E-state index in [1.54, 1.807) is 4.57 Å². The minimum atomic E-state index is -0.499. The van der Waals surface area contributed by atoms with Crippen LogP contribution in [-0.2, 0) is 17.6 Å². The van der Waals surface area contributed by atoms with Crippen LogP contribution in [0, 0.1) is 5.92 Å². The van der Waals surface area contributed by atoms with Crippen molar-refractivity contribution in [1.82, 2.24) is 9.55 Å². The van der Waals surface area contributed by atoms with E-state index in [1.165, 1.54) is 23.1 Å². The highest BCUT2D eigenvalue weighted by Crippen LogP contribution is 2.39. The number of thioether (sulfide) groups is 1. The van der Waals surface area contributed by atoms with Gasteiger partial charge in [-0.1, -0.05) is 43.7 Å². The van der Waals surface area contributed by atoms with Crippen molar-refractivity contribution in [3.63, 3.8) is 0 Å². The molecule has 0 spiro atoms. The number of carbonyl (C=O) groups excluding carboxylic acids is 2. The predicted octanol–water partition coefficient (Wildman–Crippen LogP) is 4.53. The van der Waals surface area contributed by atoms with Gasteiger partial charge in [-0.05, 0) is 55.7 Å². The lowest BCUT2D eigenvalue weighted by Crippen LogP contribution is -2.27. The lowest BCUT2D eigenvalue weighted by atomic mass is 9.88. The molecule has 2 amide bonds. The van der Waals surface area contributed by atoms with Crippen LogP contribution in [0.2, 0.25) is 0 Å². The Morgan fingerprint density at radius 2 is 2.00 bits per heavy atom. The molecule has 0 radical (unpaired) electrons. The predicted molar refractivity (Wildman–Crippen MR) is 137 cm³/mol.